The number of aryl methyl sites for hydroxylation is 1. The first-order valence-electron chi connectivity index (χ1n) is 27.1. The molecule has 4 heteroatoms. The van der Waals surface area contributed by atoms with Crippen molar-refractivity contribution in [3.63, 3.8) is 0 Å². The predicted molar refractivity (Wildman–Crippen MR) is 279 cm³/mol. The third-order valence-electron chi connectivity index (χ3n) is 13.0. The molecule has 0 aliphatic heterocycles. The van der Waals surface area contributed by atoms with E-state index in [1.54, 1.807) is 24.4 Å². The lowest BCUT2D eigenvalue weighted by atomic mass is 9.81. The van der Waals surface area contributed by atoms with E-state index in [-0.39, 0.29) is 22.1 Å². The van der Waals surface area contributed by atoms with Gasteiger partial charge >= 0.3 is 0 Å². The predicted octanol–water partition coefficient (Wildman–Crippen LogP) is 16.7. The highest BCUT2D eigenvalue weighted by Crippen LogP contribution is 2.45. The van der Waals surface area contributed by atoms with Crippen molar-refractivity contribution in [3.05, 3.63) is 192 Å². The molecule has 0 unspecified atom stereocenters. The first kappa shape index (κ1) is 34.3. The van der Waals surface area contributed by atoms with Crippen molar-refractivity contribution in [2.45, 2.75) is 91.7 Å². The molecule has 0 bridgehead atoms. The van der Waals surface area contributed by atoms with Crippen LogP contribution in [0.2, 0.25) is 0 Å². The van der Waals surface area contributed by atoms with E-state index in [0.29, 0.717) is 28.2 Å². The Morgan fingerprint density at radius 1 is 0.545 bits per heavy atom. The quantitative estimate of drug-likeness (QED) is 0.157. The fourth-order valence-electron chi connectivity index (χ4n) is 8.89. The summed E-state index contributed by atoms with van der Waals surface area (Å²) in [6, 6.07) is 53.2. The summed E-state index contributed by atoms with van der Waals surface area (Å²) in [5, 5.41) is 12.4. The number of pyridine rings is 1. The first-order valence-corrected chi connectivity index (χ1v) is 22.6. The van der Waals surface area contributed by atoms with Crippen molar-refractivity contribution < 1.29 is 17.4 Å². The molecule has 0 fully saturated rings. The van der Waals surface area contributed by atoms with E-state index < -0.39 is 26.0 Å². The molecule has 0 atom stereocenters. The van der Waals surface area contributed by atoms with Crippen LogP contribution >= 0.6 is 0 Å². The van der Waals surface area contributed by atoms with Crippen LogP contribution < -0.4 is 0 Å². The number of nitrogens with zero attached hydrogens (tertiary/aromatic N) is 3. The molecule has 2 aromatic heterocycles. The number of imidazole rings is 1. The number of hydrogen-bond acceptors (Lipinski definition) is 3. The standard InChI is InChI=1S/C62H61N3O/c1-11-62(9,10)49-29-30-55(51(39-49)43-21-16-13-17-22-43)65-56-24-18-23-50(57(56)64-59(65)52-33-40(2)34-53(58(52)66)61(6,7)8)46-35-45(41-19-14-12-15-20-41)36-47(37-46)54-38-44(31-32-63-54)42-25-27-48(28-26-42)60(3,4)5/h12-39,66H,11H2,1-10H3/i3D3,4D3,5D3. The van der Waals surface area contributed by atoms with Gasteiger partial charge in [-0.25, -0.2) is 4.98 Å². The molecular weight excluding hydrogens is 803 g/mol. The number of rotatable bonds is 9. The maximum atomic E-state index is 12.4. The highest BCUT2D eigenvalue weighted by atomic mass is 16.3. The van der Waals surface area contributed by atoms with E-state index in [4.69, 9.17) is 22.3 Å². The lowest BCUT2D eigenvalue weighted by molar-refractivity contribution is 0.448. The Kier molecular flexibility index (Phi) is 8.88. The van der Waals surface area contributed by atoms with Gasteiger partial charge in [0.1, 0.15) is 11.6 Å². The molecule has 0 aliphatic carbocycles. The summed E-state index contributed by atoms with van der Waals surface area (Å²) in [5.41, 5.74) is 10.7. The highest BCUT2D eigenvalue weighted by Gasteiger charge is 2.28. The van der Waals surface area contributed by atoms with Gasteiger partial charge < -0.3 is 5.11 Å². The SMILES string of the molecule is [2H]C([2H])([2H])C(c1ccc(-c2ccnc(-c3cc(-c4ccccc4)cc(-c4cccc5c4nc(-c4cc(C)cc(C(C)(C)C)c4O)n5-c4ccc(C(C)(C)CC)cc4-c4ccccc4)c3)c2)cc1)(C([2H])([2H])[2H])C([2H])([2H])[2H]. The monoisotopic (exact) mass is 873 g/mol. The first-order chi connectivity index (χ1) is 35.2. The van der Waals surface area contributed by atoms with Crippen LogP contribution in [0.4, 0.5) is 0 Å². The summed E-state index contributed by atoms with van der Waals surface area (Å²) in [6.07, 6.45) is 2.63. The van der Waals surface area contributed by atoms with Crippen LogP contribution in [0.25, 0.3) is 83.9 Å². The molecule has 9 aromatic rings. The summed E-state index contributed by atoms with van der Waals surface area (Å²) in [6.45, 7) is 4.97. The van der Waals surface area contributed by atoms with Crippen LogP contribution in [-0.2, 0) is 16.2 Å². The zero-order valence-electron chi connectivity index (χ0n) is 47.7. The van der Waals surface area contributed by atoms with Crippen LogP contribution in [0.3, 0.4) is 0 Å². The lowest BCUT2D eigenvalue weighted by Crippen LogP contribution is -2.16. The van der Waals surface area contributed by atoms with Gasteiger partial charge in [-0.15, -0.1) is 0 Å². The number of fused-ring (bicyclic) bond motifs is 1. The second-order valence-electron chi connectivity index (χ2n) is 19.2. The molecule has 330 valence electrons. The van der Waals surface area contributed by atoms with E-state index in [9.17, 15) is 5.11 Å². The number of benzene rings is 7. The third-order valence-corrected chi connectivity index (χ3v) is 13.0. The number of para-hydroxylation sites is 1. The summed E-state index contributed by atoms with van der Waals surface area (Å²) in [4.78, 5) is 10.5. The smallest absolute Gasteiger partial charge is 0.149 e. The van der Waals surface area contributed by atoms with Gasteiger partial charge in [0.15, 0.2) is 0 Å². The Hall–Kier alpha value is -7.04. The molecule has 0 amide bonds. The maximum Gasteiger partial charge on any atom is 0.149 e. The Morgan fingerprint density at radius 2 is 1.20 bits per heavy atom. The Balaban J connectivity index is 1.27. The van der Waals surface area contributed by atoms with Crippen LogP contribution in [0.5, 0.6) is 5.75 Å². The zero-order valence-corrected chi connectivity index (χ0v) is 38.7. The van der Waals surface area contributed by atoms with Crippen LogP contribution in [0, 0.1) is 6.92 Å². The minimum Gasteiger partial charge on any atom is -0.507 e. The molecule has 0 radical (unpaired) electrons. The number of aromatic nitrogens is 3. The number of phenolic OH excluding ortho intramolecular Hbond substituents is 1. The molecular formula is C62H61N3O. The van der Waals surface area contributed by atoms with E-state index in [1.807, 2.05) is 49.4 Å². The summed E-state index contributed by atoms with van der Waals surface area (Å²) < 4.78 is 76.2. The normalized spacial score (nSPS) is 14.8. The maximum absolute atomic E-state index is 12.4. The Morgan fingerprint density at radius 3 is 1.88 bits per heavy atom. The van der Waals surface area contributed by atoms with Gasteiger partial charge in [0.25, 0.3) is 0 Å². The van der Waals surface area contributed by atoms with Crippen molar-refractivity contribution in [2.75, 3.05) is 0 Å². The minimum atomic E-state index is -3.37. The van der Waals surface area contributed by atoms with Gasteiger partial charge in [0.05, 0.1) is 28.0 Å². The van der Waals surface area contributed by atoms with Gasteiger partial charge in [0, 0.05) is 40.8 Å². The summed E-state index contributed by atoms with van der Waals surface area (Å²) in [5.74, 6) is 0.772. The zero-order chi connectivity index (χ0) is 54.0. The van der Waals surface area contributed by atoms with Gasteiger partial charge in [-0.05, 0) is 134 Å². The number of phenols is 1. The average Bonchev–Trinajstić information content (AvgIpc) is 3.75. The number of hydrogen-bond donors (Lipinski definition) is 1. The summed E-state index contributed by atoms with van der Waals surface area (Å²) in [7, 11) is 0. The van der Waals surface area contributed by atoms with Crippen LogP contribution in [0.15, 0.2) is 170 Å². The Labute approximate surface area is 404 Å². The molecule has 4 nitrogen and oxygen atoms in total. The molecule has 66 heavy (non-hydrogen) atoms. The average molecular weight is 873 g/mol. The largest absolute Gasteiger partial charge is 0.507 e. The fraction of sp³-hybridized carbons (Fsp3) is 0.226. The minimum absolute atomic E-state index is 0.0942. The highest BCUT2D eigenvalue weighted by molar-refractivity contribution is 5.98. The second-order valence-corrected chi connectivity index (χ2v) is 19.2. The number of aromatic hydroxyl groups is 1. The molecule has 2 heterocycles. The van der Waals surface area contributed by atoms with Crippen LogP contribution in [0.1, 0.15) is 103 Å². The molecule has 7 aromatic carbocycles. The fourth-order valence-corrected chi connectivity index (χ4v) is 8.89. The van der Waals surface area contributed by atoms with E-state index in [2.05, 4.69) is 137 Å². The second kappa shape index (κ2) is 17.1. The molecule has 0 aliphatic rings. The molecule has 0 saturated carbocycles. The van der Waals surface area contributed by atoms with Gasteiger partial charge in [-0.1, -0.05) is 171 Å². The summed E-state index contributed by atoms with van der Waals surface area (Å²) >= 11 is 0. The van der Waals surface area contributed by atoms with E-state index in [1.165, 1.54) is 17.7 Å². The Bertz CT molecular complexity index is 3530. The van der Waals surface area contributed by atoms with Gasteiger partial charge in [0.2, 0.25) is 0 Å². The third kappa shape index (κ3) is 8.49. The van der Waals surface area contributed by atoms with Crippen molar-refractivity contribution in [1.82, 2.24) is 14.5 Å². The topological polar surface area (TPSA) is 50.9 Å². The van der Waals surface area contributed by atoms with Crippen molar-refractivity contribution >= 4 is 11.0 Å². The van der Waals surface area contributed by atoms with Crippen molar-refractivity contribution in [3.8, 4) is 78.6 Å². The van der Waals surface area contributed by atoms with Crippen molar-refractivity contribution in [1.29, 1.82) is 0 Å². The van der Waals surface area contributed by atoms with Gasteiger partial charge in [-0.2, -0.15) is 0 Å². The van der Waals surface area contributed by atoms with Gasteiger partial charge in [-0.3, -0.25) is 9.55 Å². The van der Waals surface area contributed by atoms with Crippen molar-refractivity contribution in [2.24, 2.45) is 0 Å². The van der Waals surface area contributed by atoms with E-state index >= 15 is 0 Å². The lowest BCUT2D eigenvalue weighted by Gasteiger charge is -2.26. The molecule has 1 N–H and O–H groups in total. The van der Waals surface area contributed by atoms with Crippen LogP contribution in [-0.4, -0.2) is 19.6 Å². The molecule has 9 rings (SSSR count). The molecule has 0 saturated heterocycles. The molecule has 0 spiro atoms. The van der Waals surface area contributed by atoms with E-state index in [0.717, 1.165) is 73.2 Å².